The molecule has 4 heteroatoms. The second-order valence-electron chi connectivity index (χ2n) is 5.59. The standard InChI is InChI=1S/C18H19N3O/c1-13-7-8-19-10-15(13)12-21(2)18(22)9-14-11-20-17-6-4-3-5-16(14)17/h3-8,10-11,20H,9,12H2,1-2H3. The zero-order chi connectivity index (χ0) is 15.5. The van der Waals surface area contributed by atoms with Gasteiger partial charge in [-0.3, -0.25) is 9.78 Å². The summed E-state index contributed by atoms with van der Waals surface area (Å²) in [7, 11) is 1.84. The summed E-state index contributed by atoms with van der Waals surface area (Å²) in [5.74, 6) is 0.105. The van der Waals surface area contributed by atoms with E-state index in [1.807, 2.05) is 56.7 Å². The summed E-state index contributed by atoms with van der Waals surface area (Å²) in [6.07, 6.45) is 5.92. The highest BCUT2D eigenvalue weighted by Gasteiger charge is 2.13. The minimum absolute atomic E-state index is 0.105. The summed E-state index contributed by atoms with van der Waals surface area (Å²) < 4.78 is 0. The van der Waals surface area contributed by atoms with Crippen molar-refractivity contribution in [1.29, 1.82) is 0 Å². The van der Waals surface area contributed by atoms with Gasteiger partial charge < -0.3 is 9.88 Å². The van der Waals surface area contributed by atoms with Gasteiger partial charge in [-0.15, -0.1) is 0 Å². The summed E-state index contributed by atoms with van der Waals surface area (Å²) in [5.41, 5.74) is 4.34. The lowest BCUT2D eigenvalue weighted by molar-refractivity contribution is -0.129. The molecule has 2 heterocycles. The predicted octanol–water partition coefficient (Wildman–Crippen LogP) is 3.07. The van der Waals surface area contributed by atoms with Crippen LogP contribution in [0.4, 0.5) is 0 Å². The minimum Gasteiger partial charge on any atom is -0.361 e. The van der Waals surface area contributed by atoms with Crippen molar-refractivity contribution in [3.8, 4) is 0 Å². The summed E-state index contributed by atoms with van der Waals surface area (Å²) in [5, 5.41) is 1.11. The van der Waals surface area contributed by atoms with Crippen LogP contribution in [0.2, 0.25) is 0 Å². The van der Waals surface area contributed by atoms with Crippen LogP contribution in [-0.4, -0.2) is 27.8 Å². The Labute approximate surface area is 129 Å². The van der Waals surface area contributed by atoms with Gasteiger partial charge in [0.2, 0.25) is 5.91 Å². The van der Waals surface area contributed by atoms with Crippen LogP contribution >= 0.6 is 0 Å². The average Bonchev–Trinajstić information content (AvgIpc) is 2.93. The Morgan fingerprint density at radius 2 is 2.05 bits per heavy atom. The van der Waals surface area contributed by atoms with Gasteiger partial charge in [-0.1, -0.05) is 18.2 Å². The fourth-order valence-electron chi connectivity index (χ4n) is 2.58. The van der Waals surface area contributed by atoms with E-state index in [0.717, 1.165) is 27.6 Å². The molecule has 0 bridgehead atoms. The number of hydrogen-bond acceptors (Lipinski definition) is 2. The summed E-state index contributed by atoms with van der Waals surface area (Å²) in [6.45, 7) is 2.62. The van der Waals surface area contributed by atoms with E-state index in [1.165, 1.54) is 0 Å². The van der Waals surface area contributed by atoms with Gasteiger partial charge in [0, 0.05) is 43.1 Å². The molecule has 22 heavy (non-hydrogen) atoms. The molecule has 1 N–H and O–H groups in total. The molecular formula is C18H19N3O. The van der Waals surface area contributed by atoms with Crippen molar-refractivity contribution in [2.45, 2.75) is 19.9 Å². The van der Waals surface area contributed by atoms with Crippen LogP contribution < -0.4 is 0 Å². The van der Waals surface area contributed by atoms with Crippen LogP contribution in [0.3, 0.4) is 0 Å². The molecule has 0 aliphatic rings. The smallest absolute Gasteiger partial charge is 0.227 e. The number of nitrogens with one attached hydrogen (secondary N) is 1. The number of hydrogen-bond donors (Lipinski definition) is 1. The number of aromatic nitrogens is 2. The van der Waals surface area contributed by atoms with Crippen LogP contribution in [-0.2, 0) is 17.8 Å². The molecule has 0 aliphatic heterocycles. The van der Waals surface area contributed by atoms with Gasteiger partial charge in [-0.05, 0) is 35.7 Å². The van der Waals surface area contributed by atoms with E-state index in [2.05, 4.69) is 9.97 Å². The third-order valence-corrected chi connectivity index (χ3v) is 4.00. The Bertz CT molecular complexity index is 807. The van der Waals surface area contributed by atoms with E-state index in [9.17, 15) is 4.79 Å². The lowest BCUT2D eigenvalue weighted by atomic mass is 10.1. The number of rotatable bonds is 4. The van der Waals surface area contributed by atoms with E-state index in [4.69, 9.17) is 0 Å². The topological polar surface area (TPSA) is 49.0 Å². The van der Waals surface area contributed by atoms with Crippen LogP contribution in [0.25, 0.3) is 10.9 Å². The summed E-state index contributed by atoms with van der Waals surface area (Å²) >= 11 is 0. The first kappa shape index (κ1) is 14.3. The average molecular weight is 293 g/mol. The fraction of sp³-hybridized carbons (Fsp3) is 0.222. The Hall–Kier alpha value is -2.62. The number of likely N-dealkylation sites (N-methyl/N-ethyl adjacent to an activating group) is 1. The molecule has 4 nitrogen and oxygen atoms in total. The molecule has 0 atom stereocenters. The highest BCUT2D eigenvalue weighted by atomic mass is 16.2. The van der Waals surface area contributed by atoms with Gasteiger partial charge in [0.1, 0.15) is 0 Å². The second kappa shape index (κ2) is 6.02. The van der Waals surface area contributed by atoms with Gasteiger partial charge in [0.15, 0.2) is 0 Å². The lowest BCUT2D eigenvalue weighted by Gasteiger charge is -2.18. The van der Waals surface area contributed by atoms with Gasteiger partial charge >= 0.3 is 0 Å². The molecular weight excluding hydrogens is 274 g/mol. The Balaban J connectivity index is 1.73. The first-order chi connectivity index (χ1) is 10.6. The number of amides is 1. The molecule has 0 spiro atoms. The number of H-pyrrole nitrogens is 1. The molecule has 112 valence electrons. The Morgan fingerprint density at radius 3 is 2.86 bits per heavy atom. The zero-order valence-corrected chi connectivity index (χ0v) is 12.8. The van der Waals surface area contributed by atoms with Crippen LogP contribution in [0.15, 0.2) is 48.9 Å². The Kier molecular flexibility index (Phi) is 3.92. The molecule has 0 saturated carbocycles. The number of nitrogens with zero attached hydrogens (tertiary/aromatic N) is 2. The fourth-order valence-corrected chi connectivity index (χ4v) is 2.58. The van der Waals surface area contributed by atoms with Crippen LogP contribution in [0, 0.1) is 6.92 Å². The monoisotopic (exact) mass is 293 g/mol. The molecule has 2 aromatic heterocycles. The van der Waals surface area contributed by atoms with Crippen molar-refractivity contribution in [2.24, 2.45) is 0 Å². The van der Waals surface area contributed by atoms with E-state index >= 15 is 0 Å². The van der Waals surface area contributed by atoms with Crippen molar-refractivity contribution < 1.29 is 4.79 Å². The number of aromatic amines is 1. The molecule has 1 amide bonds. The molecule has 1 aromatic carbocycles. The van der Waals surface area contributed by atoms with Crippen molar-refractivity contribution in [1.82, 2.24) is 14.9 Å². The molecule has 0 unspecified atom stereocenters. The third-order valence-electron chi connectivity index (χ3n) is 4.00. The number of carbonyl (C=O) groups is 1. The molecule has 3 aromatic rings. The largest absolute Gasteiger partial charge is 0.361 e. The molecule has 0 fully saturated rings. The van der Waals surface area contributed by atoms with Crippen molar-refractivity contribution in [2.75, 3.05) is 7.05 Å². The quantitative estimate of drug-likeness (QED) is 0.803. The number of aryl methyl sites for hydroxylation is 1. The second-order valence-corrected chi connectivity index (χ2v) is 5.59. The van der Waals surface area contributed by atoms with E-state index < -0.39 is 0 Å². The maximum atomic E-state index is 12.5. The number of pyridine rings is 1. The van der Waals surface area contributed by atoms with E-state index in [0.29, 0.717) is 13.0 Å². The highest BCUT2D eigenvalue weighted by molar-refractivity contribution is 5.88. The summed E-state index contributed by atoms with van der Waals surface area (Å²) in [6, 6.07) is 10.0. The number of para-hydroxylation sites is 1. The Morgan fingerprint density at radius 1 is 1.23 bits per heavy atom. The highest BCUT2D eigenvalue weighted by Crippen LogP contribution is 2.19. The zero-order valence-electron chi connectivity index (χ0n) is 12.8. The molecule has 3 rings (SSSR count). The van der Waals surface area contributed by atoms with Crippen molar-refractivity contribution in [3.05, 3.63) is 65.6 Å². The van der Waals surface area contributed by atoms with E-state index in [-0.39, 0.29) is 5.91 Å². The van der Waals surface area contributed by atoms with Crippen molar-refractivity contribution >= 4 is 16.8 Å². The first-order valence-corrected chi connectivity index (χ1v) is 7.33. The number of fused-ring (bicyclic) bond motifs is 1. The first-order valence-electron chi connectivity index (χ1n) is 7.33. The van der Waals surface area contributed by atoms with Gasteiger partial charge in [-0.25, -0.2) is 0 Å². The number of carbonyl (C=O) groups excluding carboxylic acids is 1. The van der Waals surface area contributed by atoms with Crippen molar-refractivity contribution in [3.63, 3.8) is 0 Å². The minimum atomic E-state index is 0.105. The normalized spacial score (nSPS) is 10.8. The maximum absolute atomic E-state index is 12.5. The van der Waals surface area contributed by atoms with E-state index in [1.54, 1.807) is 11.1 Å². The number of benzene rings is 1. The molecule has 0 radical (unpaired) electrons. The maximum Gasteiger partial charge on any atom is 0.227 e. The predicted molar refractivity (Wildman–Crippen MR) is 87.5 cm³/mol. The van der Waals surface area contributed by atoms with Crippen LogP contribution in [0.1, 0.15) is 16.7 Å². The molecule has 0 aliphatic carbocycles. The SMILES string of the molecule is Cc1ccncc1CN(C)C(=O)Cc1c[nH]c2ccccc12. The van der Waals surface area contributed by atoms with Crippen LogP contribution in [0.5, 0.6) is 0 Å². The van der Waals surface area contributed by atoms with Gasteiger partial charge in [-0.2, -0.15) is 0 Å². The summed E-state index contributed by atoms with van der Waals surface area (Å²) in [4.78, 5) is 21.6. The molecule has 0 saturated heterocycles. The third kappa shape index (κ3) is 2.86. The lowest BCUT2D eigenvalue weighted by Crippen LogP contribution is -2.28. The van der Waals surface area contributed by atoms with Gasteiger partial charge in [0.05, 0.1) is 6.42 Å². The van der Waals surface area contributed by atoms with Gasteiger partial charge in [0.25, 0.3) is 0 Å².